The zero-order valence-electron chi connectivity index (χ0n) is 9.10. The number of hydrogen-bond donors (Lipinski definition) is 0. The molecule has 0 N–H and O–H groups in total. The zero-order valence-corrected chi connectivity index (χ0v) is 9.10. The van der Waals surface area contributed by atoms with Gasteiger partial charge in [-0.15, -0.1) is 0 Å². The molecule has 2 atom stereocenters. The van der Waals surface area contributed by atoms with Gasteiger partial charge in [-0.25, -0.2) is 0 Å². The molecule has 0 saturated carbocycles. The Labute approximate surface area is 95.5 Å². The summed E-state index contributed by atoms with van der Waals surface area (Å²) >= 11 is 0. The molecule has 0 saturated heterocycles. The van der Waals surface area contributed by atoms with Crippen LogP contribution in [-0.2, 0) is 4.79 Å². The fraction of sp³-hybridized carbons (Fsp3) is 0.267. The van der Waals surface area contributed by atoms with E-state index in [1.165, 1.54) is 0 Å². The molecule has 3 aliphatic rings. The molecule has 1 aromatic rings. The van der Waals surface area contributed by atoms with Gasteiger partial charge in [-0.05, 0) is 24.3 Å². The second kappa shape index (κ2) is 3.75. The Hall–Kier alpha value is -1.63. The maximum atomic E-state index is 12.3. The molecule has 0 amide bonds. The van der Waals surface area contributed by atoms with Crippen LogP contribution in [0.15, 0.2) is 48.6 Å². The molecule has 1 aromatic carbocycles. The van der Waals surface area contributed by atoms with Crippen LogP contribution in [0.1, 0.15) is 18.4 Å². The van der Waals surface area contributed by atoms with Gasteiger partial charge < -0.3 is 0 Å². The quantitative estimate of drug-likeness (QED) is 0.650. The van der Waals surface area contributed by atoms with Crippen LogP contribution in [0.2, 0.25) is 0 Å². The molecule has 0 radical (unpaired) electrons. The van der Waals surface area contributed by atoms with Crippen LogP contribution in [0.25, 0.3) is 5.57 Å². The third-order valence-corrected chi connectivity index (χ3v) is 3.47. The van der Waals surface area contributed by atoms with Gasteiger partial charge in [0, 0.05) is 11.5 Å². The summed E-state index contributed by atoms with van der Waals surface area (Å²) in [5.41, 5.74) is 1.98. The number of fused-ring (bicyclic) bond motifs is 2. The first-order valence-corrected chi connectivity index (χ1v) is 5.84. The van der Waals surface area contributed by atoms with Crippen LogP contribution in [0.4, 0.5) is 0 Å². The second-order valence-corrected chi connectivity index (χ2v) is 4.54. The molecule has 0 aliphatic heterocycles. The van der Waals surface area contributed by atoms with Crippen molar-refractivity contribution in [2.24, 2.45) is 11.8 Å². The normalized spacial score (nSPS) is 27.8. The predicted molar refractivity (Wildman–Crippen MR) is 64.8 cm³/mol. The Morgan fingerprint density at radius 2 is 1.81 bits per heavy atom. The Morgan fingerprint density at radius 3 is 2.50 bits per heavy atom. The van der Waals surface area contributed by atoms with Crippen molar-refractivity contribution in [2.75, 3.05) is 0 Å². The van der Waals surface area contributed by atoms with Crippen LogP contribution in [0.5, 0.6) is 0 Å². The lowest BCUT2D eigenvalue weighted by Crippen LogP contribution is -2.13. The fourth-order valence-corrected chi connectivity index (χ4v) is 2.55. The van der Waals surface area contributed by atoms with Crippen LogP contribution in [0, 0.1) is 11.8 Å². The average Bonchev–Trinajstić information content (AvgIpc) is 2.60. The minimum absolute atomic E-state index is 0.116. The maximum absolute atomic E-state index is 12.3. The minimum Gasteiger partial charge on any atom is -0.294 e. The highest BCUT2D eigenvalue weighted by atomic mass is 16.1. The maximum Gasteiger partial charge on any atom is 0.169 e. The van der Waals surface area contributed by atoms with Crippen molar-refractivity contribution in [2.45, 2.75) is 12.8 Å². The molecule has 1 nitrogen and oxygen atoms in total. The van der Waals surface area contributed by atoms with E-state index in [1.807, 2.05) is 30.3 Å². The van der Waals surface area contributed by atoms with Crippen molar-refractivity contribution >= 4 is 11.4 Å². The molecule has 0 aromatic heterocycles. The molecule has 2 unspecified atom stereocenters. The first-order chi connectivity index (χ1) is 7.84. The second-order valence-electron chi connectivity index (χ2n) is 4.54. The number of ketones is 1. The summed E-state index contributed by atoms with van der Waals surface area (Å²) in [6.45, 7) is 0. The van der Waals surface area contributed by atoms with Gasteiger partial charge >= 0.3 is 0 Å². The highest BCUT2D eigenvalue weighted by Gasteiger charge is 2.28. The summed E-state index contributed by atoms with van der Waals surface area (Å²) in [5.74, 6) is 0.866. The SMILES string of the molecule is O=C1C(c2ccccc2)=CC2C=CC1CC2. The van der Waals surface area contributed by atoms with Crippen molar-refractivity contribution in [1.29, 1.82) is 0 Å². The van der Waals surface area contributed by atoms with Crippen LogP contribution in [0.3, 0.4) is 0 Å². The molecule has 0 fully saturated rings. The van der Waals surface area contributed by atoms with E-state index >= 15 is 0 Å². The lowest BCUT2D eigenvalue weighted by atomic mass is 9.89. The molecule has 3 aliphatic carbocycles. The van der Waals surface area contributed by atoms with Gasteiger partial charge in [-0.2, -0.15) is 0 Å². The molecule has 0 spiro atoms. The summed E-state index contributed by atoms with van der Waals surface area (Å²) in [6, 6.07) is 10.0. The molecule has 1 heteroatoms. The zero-order chi connectivity index (χ0) is 11.0. The Balaban J connectivity index is 2.06. The van der Waals surface area contributed by atoms with Gasteiger partial charge in [0.05, 0.1) is 0 Å². The number of Topliss-reactive ketones (excluding diaryl/α,β-unsaturated/α-hetero) is 1. The van der Waals surface area contributed by atoms with Gasteiger partial charge in [0.25, 0.3) is 0 Å². The highest BCUT2D eigenvalue weighted by molar-refractivity contribution is 6.22. The first kappa shape index (κ1) is 9.59. The van der Waals surface area contributed by atoms with Gasteiger partial charge in [0.1, 0.15) is 0 Å². The number of rotatable bonds is 1. The van der Waals surface area contributed by atoms with E-state index in [9.17, 15) is 4.79 Å². The number of carbonyl (C=O) groups excluding carboxylic acids is 1. The van der Waals surface area contributed by atoms with Crippen molar-refractivity contribution in [3.63, 3.8) is 0 Å². The summed E-state index contributed by atoms with van der Waals surface area (Å²) in [4.78, 5) is 12.3. The van der Waals surface area contributed by atoms with E-state index in [4.69, 9.17) is 0 Å². The van der Waals surface area contributed by atoms with Crippen molar-refractivity contribution in [3.05, 3.63) is 54.1 Å². The van der Waals surface area contributed by atoms with E-state index in [-0.39, 0.29) is 5.92 Å². The third-order valence-electron chi connectivity index (χ3n) is 3.47. The van der Waals surface area contributed by atoms with E-state index in [0.29, 0.717) is 11.7 Å². The molecule has 0 heterocycles. The largest absolute Gasteiger partial charge is 0.294 e. The number of benzene rings is 1. The standard InChI is InChI=1S/C15H14O/c16-15-13-8-6-11(7-9-13)10-14(15)12-4-2-1-3-5-12/h1-6,8,10-11,13H,7,9H2. The smallest absolute Gasteiger partial charge is 0.169 e. The van der Waals surface area contributed by atoms with Crippen molar-refractivity contribution < 1.29 is 4.79 Å². The fourth-order valence-electron chi connectivity index (χ4n) is 2.55. The topological polar surface area (TPSA) is 17.1 Å². The molecule has 4 rings (SSSR count). The number of allylic oxidation sites excluding steroid dienone is 4. The number of carbonyl (C=O) groups is 1. The van der Waals surface area contributed by atoms with E-state index in [2.05, 4.69) is 18.2 Å². The van der Waals surface area contributed by atoms with Crippen molar-refractivity contribution in [3.8, 4) is 0 Å². The Kier molecular flexibility index (Phi) is 2.24. The average molecular weight is 210 g/mol. The van der Waals surface area contributed by atoms with Crippen LogP contribution < -0.4 is 0 Å². The summed E-state index contributed by atoms with van der Waals surface area (Å²) in [6.07, 6.45) is 8.53. The Morgan fingerprint density at radius 1 is 1.00 bits per heavy atom. The lowest BCUT2D eigenvalue weighted by Gasteiger charge is -2.14. The predicted octanol–water partition coefficient (Wildman–Crippen LogP) is 3.24. The van der Waals surface area contributed by atoms with Gasteiger partial charge in [0.15, 0.2) is 5.78 Å². The third kappa shape index (κ3) is 1.53. The summed E-state index contributed by atoms with van der Waals surface area (Å²) in [7, 11) is 0. The number of hydrogen-bond acceptors (Lipinski definition) is 1. The van der Waals surface area contributed by atoms with Crippen LogP contribution >= 0.6 is 0 Å². The summed E-state index contributed by atoms with van der Waals surface area (Å²) in [5, 5.41) is 0. The molecule has 80 valence electrons. The minimum atomic E-state index is 0.116. The molecular weight excluding hydrogens is 196 g/mol. The van der Waals surface area contributed by atoms with Gasteiger partial charge in [-0.3, -0.25) is 4.79 Å². The molecular formula is C15H14O. The highest BCUT2D eigenvalue weighted by Crippen LogP contribution is 2.34. The molecule has 16 heavy (non-hydrogen) atoms. The van der Waals surface area contributed by atoms with Gasteiger partial charge in [-0.1, -0.05) is 48.6 Å². The van der Waals surface area contributed by atoms with Gasteiger partial charge in [0.2, 0.25) is 0 Å². The molecule has 2 bridgehead atoms. The Bertz CT molecular complexity index is 467. The monoisotopic (exact) mass is 210 g/mol. The lowest BCUT2D eigenvalue weighted by molar-refractivity contribution is -0.116. The first-order valence-electron chi connectivity index (χ1n) is 5.84. The van der Waals surface area contributed by atoms with E-state index in [1.54, 1.807) is 0 Å². The summed E-state index contributed by atoms with van der Waals surface area (Å²) < 4.78 is 0. The van der Waals surface area contributed by atoms with E-state index < -0.39 is 0 Å². The van der Waals surface area contributed by atoms with Crippen molar-refractivity contribution in [1.82, 2.24) is 0 Å². The van der Waals surface area contributed by atoms with Crippen LogP contribution in [-0.4, -0.2) is 5.78 Å². The van der Waals surface area contributed by atoms with E-state index in [0.717, 1.165) is 24.0 Å².